The molecule has 1 aliphatic heterocycles. The summed E-state index contributed by atoms with van der Waals surface area (Å²) in [6, 6.07) is 4.56. The summed E-state index contributed by atoms with van der Waals surface area (Å²) < 4.78 is 13.5. The molecule has 0 bridgehead atoms. The molecule has 1 aliphatic carbocycles. The molecule has 6 heteroatoms. The van der Waals surface area contributed by atoms with E-state index in [0.717, 1.165) is 24.8 Å². The Morgan fingerprint density at radius 1 is 1.00 bits per heavy atom. The molecule has 1 saturated heterocycles. The van der Waals surface area contributed by atoms with Gasteiger partial charge >= 0.3 is 6.03 Å². The average molecular weight is 361 g/mol. The fourth-order valence-electron chi connectivity index (χ4n) is 3.83. The van der Waals surface area contributed by atoms with E-state index in [1.54, 1.807) is 15.9 Å². The fourth-order valence-corrected chi connectivity index (χ4v) is 3.83. The summed E-state index contributed by atoms with van der Waals surface area (Å²) in [7, 11) is 0. The monoisotopic (exact) mass is 361 g/mol. The standard InChI is InChI=1S/C20H28FN3O2/c1-15-8-9-16(21)14-18(15)19(25)23-10-5-11-24(13-12-23)20(26)22-17-6-3-2-4-7-17/h8-9,14,17H,2-7,10-13H2,1H3,(H,22,26). The van der Waals surface area contributed by atoms with Crippen LogP contribution in [0.25, 0.3) is 0 Å². The molecule has 3 amide bonds. The van der Waals surface area contributed by atoms with Gasteiger partial charge in [0.1, 0.15) is 5.82 Å². The molecule has 0 radical (unpaired) electrons. The van der Waals surface area contributed by atoms with E-state index in [-0.39, 0.29) is 18.0 Å². The quantitative estimate of drug-likeness (QED) is 0.878. The van der Waals surface area contributed by atoms with Gasteiger partial charge in [0.15, 0.2) is 0 Å². The van der Waals surface area contributed by atoms with Gasteiger partial charge in [0.05, 0.1) is 0 Å². The van der Waals surface area contributed by atoms with E-state index >= 15 is 0 Å². The molecule has 0 spiro atoms. The van der Waals surface area contributed by atoms with Crippen molar-refractivity contribution in [3.8, 4) is 0 Å². The normalized spacial score (nSPS) is 19.2. The van der Waals surface area contributed by atoms with Crippen molar-refractivity contribution in [3.05, 3.63) is 35.1 Å². The number of halogens is 1. The predicted octanol–water partition coefficient (Wildman–Crippen LogP) is 3.32. The second kappa shape index (κ2) is 8.52. The van der Waals surface area contributed by atoms with Crippen LogP contribution in [0.3, 0.4) is 0 Å². The number of amides is 3. The zero-order chi connectivity index (χ0) is 18.5. The third kappa shape index (κ3) is 4.54. The van der Waals surface area contributed by atoms with Crippen molar-refractivity contribution in [1.29, 1.82) is 0 Å². The van der Waals surface area contributed by atoms with E-state index in [0.29, 0.717) is 31.7 Å². The Balaban J connectivity index is 1.58. The van der Waals surface area contributed by atoms with Gasteiger partial charge in [-0.3, -0.25) is 4.79 Å². The molecular formula is C20H28FN3O2. The van der Waals surface area contributed by atoms with Crippen LogP contribution in [0.4, 0.5) is 9.18 Å². The molecule has 1 heterocycles. The first-order valence-corrected chi connectivity index (χ1v) is 9.65. The zero-order valence-electron chi connectivity index (χ0n) is 15.5. The summed E-state index contributed by atoms with van der Waals surface area (Å²) in [4.78, 5) is 28.8. The van der Waals surface area contributed by atoms with Gasteiger partial charge < -0.3 is 15.1 Å². The van der Waals surface area contributed by atoms with Crippen molar-refractivity contribution < 1.29 is 14.0 Å². The molecule has 26 heavy (non-hydrogen) atoms. The molecule has 1 saturated carbocycles. The Kier molecular flexibility index (Phi) is 6.12. The third-order valence-corrected chi connectivity index (χ3v) is 5.43. The second-order valence-corrected chi connectivity index (χ2v) is 7.38. The van der Waals surface area contributed by atoms with E-state index in [1.807, 2.05) is 6.92 Å². The molecule has 1 aromatic carbocycles. The summed E-state index contributed by atoms with van der Waals surface area (Å²) in [6.07, 6.45) is 6.47. The lowest BCUT2D eigenvalue weighted by molar-refractivity contribution is 0.0761. The topological polar surface area (TPSA) is 52.7 Å². The molecule has 2 aliphatic rings. The first-order valence-electron chi connectivity index (χ1n) is 9.65. The molecule has 2 fully saturated rings. The van der Waals surface area contributed by atoms with Crippen LogP contribution in [-0.2, 0) is 0 Å². The SMILES string of the molecule is Cc1ccc(F)cc1C(=O)N1CCCN(C(=O)NC2CCCCC2)CC1. The van der Waals surface area contributed by atoms with Crippen molar-refractivity contribution in [2.45, 2.75) is 51.5 Å². The minimum Gasteiger partial charge on any atom is -0.337 e. The van der Waals surface area contributed by atoms with E-state index in [9.17, 15) is 14.0 Å². The number of aryl methyl sites for hydroxylation is 1. The molecule has 3 rings (SSSR count). The fraction of sp³-hybridized carbons (Fsp3) is 0.600. The van der Waals surface area contributed by atoms with Gasteiger partial charge in [0, 0.05) is 37.8 Å². The Morgan fingerprint density at radius 3 is 2.46 bits per heavy atom. The van der Waals surface area contributed by atoms with Crippen LogP contribution in [0.2, 0.25) is 0 Å². The smallest absolute Gasteiger partial charge is 0.317 e. The zero-order valence-corrected chi connectivity index (χ0v) is 15.5. The lowest BCUT2D eigenvalue weighted by Gasteiger charge is -2.27. The molecule has 0 atom stereocenters. The van der Waals surface area contributed by atoms with Crippen LogP contribution < -0.4 is 5.32 Å². The van der Waals surface area contributed by atoms with Crippen molar-refractivity contribution >= 4 is 11.9 Å². The van der Waals surface area contributed by atoms with Crippen molar-refractivity contribution in [2.75, 3.05) is 26.2 Å². The first-order chi connectivity index (χ1) is 12.5. The Labute approximate surface area is 154 Å². The number of benzene rings is 1. The number of hydrogen-bond acceptors (Lipinski definition) is 2. The highest BCUT2D eigenvalue weighted by molar-refractivity contribution is 5.95. The van der Waals surface area contributed by atoms with Crippen LogP contribution in [0.5, 0.6) is 0 Å². The van der Waals surface area contributed by atoms with E-state index in [4.69, 9.17) is 0 Å². The van der Waals surface area contributed by atoms with Gasteiger partial charge in [-0.25, -0.2) is 9.18 Å². The van der Waals surface area contributed by atoms with E-state index in [2.05, 4.69) is 5.32 Å². The maximum absolute atomic E-state index is 13.5. The highest BCUT2D eigenvalue weighted by Gasteiger charge is 2.25. The summed E-state index contributed by atoms with van der Waals surface area (Å²) >= 11 is 0. The summed E-state index contributed by atoms with van der Waals surface area (Å²) in [6.45, 7) is 4.03. The van der Waals surface area contributed by atoms with Crippen molar-refractivity contribution in [2.24, 2.45) is 0 Å². The summed E-state index contributed by atoms with van der Waals surface area (Å²) in [5, 5.41) is 3.14. The number of carbonyl (C=O) groups excluding carboxylic acids is 2. The molecule has 1 N–H and O–H groups in total. The van der Waals surface area contributed by atoms with Gasteiger partial charge in [-0.15, -0.1) is 0 Å². The summed E-state index contributed by atoms with van der Waals surface area (Å²) in [5.74, 6) is -0.557. The Morgan fingerprint density at radius 2 is 1.69 bits per heavy atom. The van der Waals surface area contributed by atoms with E-state index < -0.39 is 5.82 Å². The lowest BCUT2D eigenvalue weighted by Crippen LogP contribution is -2.47. The Bertz CT molecular complexity index is 658. The van der Waals surface area contributed by atoms with Gasteiger partial charge in [-0.05, 0) is 43.9 Å². The maximum Gasteiger partial charge on any atom is 0.317 e. The van der Waals surface area contributed by atoms with Crippen LogP contribution in [0.1, 0.15) is 54.4 Å². The highest BCUT2D eigenvalue weighted by atomic mass is 19.1. The Hall–Kier alpha value is -2.11. The largest absolute Gasteiger partial charge is 0.337 e. The van der Waals surface area contributed by atoms with Crippen LogP contribution in [-0.4, -0.2) is 54.0 Å². The van der Waals surface area contributed by atoms with Crippen molar-refractivity contribution in [1.82, 2.24) is 15.1 Å². The van der Waals surface area contributed by atoms with Gasteiger partial charge in [-0.2, -0.15) is 0 Å². The predicted molar refractivity (Wildman–Crippen MR) is 98.6 cm³/mol. The van der Waals surface area contributed by atoms with Crippen molar-refractivity contribution in [3.63, 3.8) is 0 Å². The number of carbonyl (C=O) groups is 2. The minimum atomic E-state index is -0.401. The first kappa shape index (κ1) is 18.7. The number of rotatable bonds is 2. The number of nitrogens with zero attached hydrogens (tertiary/aromatic N) is 2. The highest BCUT2D eigenvalue weighted by Crippen LogP contribution is 2.18. The number of nitrogens with one attached hydrogen (secondary N) is 1. The molecule has 0 aromatic heterocycles. The van der Waals surface area contributed by atoms with Crippen LogP contribution in [0.15, 0.2) is 18.2 Å². The molecule has 5 nitrogen and oxygen atoms in total. The lowest BCUT2D eigenvalue weighted by atomic mass is 9.96. The number of urea groups is 1. The second-order valence-electron chi connectivity index (χ2n) is 7.38. The summed E-state index contributed by atoms with van der Waals surface area (Å²) in [5.41, 5.74) is 1.18. The molecule has 1 aromatic rings. The average Bonchev–Trinajstić information content (AvgIpc) is 2.90. The molecule has 0 unspecified atom stereocenters. The minimum absolute atomic E-state index is 0.0202. The molecule has 142 valence electrons. The molecular weight excluding hydrogens is 333 g/mol. The van der Waals surface area contributed by atoms with E-state index in [1.165, 1.54) is 31.4 Å². The van der Waals surface area contributed by atoms with Gasteiger partial charge in [-0.1, -0.05) is 25.3 Å². The van der Waals surface area contributed by atoms with Gasteiger partial charge in [0.2, 0.25) is 0 Å². The third-order valence-electron chi connectivity index (χ3n) is 5.43. The van der Waals surface area contributed by atoms with Crippen LogP contribution in [0, 0.1) is 12.7 Å². The number of hydrogen-bond donors (Lipinski definition) is 1. The van der Waals surface area contributed by atoms with Crippen LogP contribution >= 0.6 is 0 Å². The maximum atomic E-state index is 13.5. The van der Waals surface area contributed by atoms with Gasteiger partial charge in [0.25, 0.3) is 5.91 Å².